The first-order chi connectivity index (χ1) is 13.4. The minimum absolute atomic E-state index is 0.0935. The Labute approximate surface area is 164 Å². The molecule has 0 spiro atoms. The number of anilines is 1. The van der Waals surface area contributed by atoms with E-state index in [2.05, 4.69) is 5.32 Å². The zero-order valence-electron chi connectivity index (χ0n) is 15.9. The van der Waals surface area contributed by atoms with Crippen LogP contribution in [0, 0.1) is 12.8 Å². The van der Waals surface area contributed by atoms with E-state index >= 15 is 0 Å². The van der Waals surface area contributed by atoms with Crippen molar-refractivity contribution < 1.29 is 19.5 Å². The van der Waals surface area contributed by atoms with Crippen LogP contribution in [0.4, 0.5) is 5.69 Å². The van der Waals surface area contributed by atoms with Crippen LogP contribution in [0.1, 0.15) is 45.5 Å². The lowest BCUT2D eigenvalue weighted by atomic mass is 9.93. The molecule has 1 saturated heterocycles. The van der Waals surface area contributed by atoms with Crippen LogP contribution < -0.4 is 5.32 Å². The Balaban J connectivity index is 1.68. The fourth-order valence-electron chi connectivity index (χ4n) is 3.44. The van der Waals surface area contributed by atoms with Gasteiger partial charge in [0.1, 0.15) is 0 Å². The summed E-state index contributed by atoms with van der Waals surface area (Å²) in [5.74, 6) is -0.978. The molecule has 1 fully saturated rings. The van der Waals surface area contributed by atoms with Gasteiger partial charge < -0.3 is 15.3 Å². The highest BCUT2D eigenvalue weighted by Gasteiger charge is 2.25. The van der Waals surface area contributed by atoms with E-state index in [1.807, 2.05) is 19.1 Å². The Bertz CT molecular complexity index is 871. The third kappa shape index (κ3) is 4.76. The lowest BCUT2D eigenvalue weighted by Gasteiger charge is -2.31. The molecule has 0 aromatic heterocycles. The van der Waals surface area contributed by atoms with Gasteiger partial charge in [-0.25, -0.2) is 0 Å². The second-order valence-electron chi connectivity index (χ2n) is 7.18. The number of carbonyl (C=O) groups excluding carboxylic acids is 2. The molecule has 28 heavy (non-hydrogen) atoms. The first kappa shape index (κ1) is 19.6. The van der Waals surface area contributed by atoms with Crippen molar-refractivity contribution in [1.82, 2.24) is 4.90 Å². The number of hydrogen-bond donors (Lipinski definition) is 2. The molecule has 1 aliphatic rings. The summed E-state index contributed by atoms with van der Waals surface area (Å²) in [5.41, 5.74) is 2.56. The molecule has 1 heterocycles. The molecule has 6 heteroatoms. The number of amides is 2. The van der Waals surface area contributed by atoms with Crippen molar-refractivity contribution in [2.45, 2.75) is 26.2 Å². The van der Waals surface area contributed by atoms with Crippen LogP contribution in [-0.2, 0) is 4.79 Å². The van der Waals surface area contributed by atoms with Gasteiger partial charge in [0.25, 0.3) is 11.8 Å². The van der Waals surface area contributed by atoms with Crippen molar-refractivity contribution in [3.8, 4) is 0 Å². The number of benzene rings is 2. The molecule has 6 nitrogen and oxygen atoms in total. The van der Waals surface area contributed by atoms with Gasteiger partial charge in [0.15, 0.2) is 0 Å². The number of aryl methyl sites for hydroxylation is 1. The van der Waals surface area contributed by atoms with Crippen molar-refractivity contribution in [2.75, 3.05) is 18.4 Å². The smallest absolute Gasteiger partial charge is 0.303 e. The minimum atomic E-state index is -0.790. The highest BCUT2D eigenvalue weighted by atomic mass is 16.4. The Morgan fingerprint density at radius 2 is 1.71 bits per heavy atom. The zero-order valence-corrected chi connectivity index (χ0v) is 15.9. The van der Waals surface area contributed by atoms with E-state index in [1.54, 1.807) is 41.3 Å². The highest BCUT2D eigenvalue weighted by Crippen LogP contribution is 2.24. The molecule has 0 atom stereocenters. The summed E-state index contributed by atoms with van der Waals surface area (Å²) in [6, 6.07) is 14.2. The highest BCUT2D eigenvalue weighted by molar-refractivity contribution is 6.05. The molecule has 0 aliphatic carbocycles. The fourth-order valence-corrected chi connectivity index (χ4v) is 3.44. The SMILES string of the molecule is Cc1ccc(C(=O)N2CCC(CC(=O)O)CC2)cc1NC(=O)c1ccccc1. The maximum absolute atomic E-state index is 12.8. The first-order valence-corrected chi connectivity index (χ1v) is 9.42. The third-order valence-corrected chi connectivity index (χ3v) is 5.13. The van der Waals surface area contributed by atoms with Crippen LogP contribution in [0.5, 0.6) is 0 Å². The Hall–Kier alpha value is -3.15. The maximum Gasteiger partial charge on any atom is 0.303 e. The average molecular weight is 380 g/mol. The summed E-state index contributed by atoms with van der Waals surface area (Å²) in [6.45, 7) is 2.99. The molecule has 0 bridgehead atoms. The van der Waals surface area contributed by atoms with Crippen LogP contribution in [0.25, 0.3) is 0 Å². The summed E-state index contributed by atoms with van der Waals surface area (Å²) in [4.78, 5) is 37.9. The number of carbonyl (C=O) groups is 3. The topological polar surface area (TPSA) is 86.7 Å². The number of aliphatic carboxylic acids is 1. The predicted molar refractivity (Wildman–Crippen MR) is 106 cm³/mol. The molecular weight excluding hydrogens is 356 g/mol. The van der Waals surface area contributed by atoms with E-state index in [9.17, 15) is 14.4 Å². The summed E-state index contributed by atoms with van der Waals surface area (Å²) < 4.78 is 0. The Morgan fingerprint density at radius 3 is 2.36 bits per heavy atom. The minimum Gasteiger partial charge on any atom is -0.481 e. The second kappa shape index (κ2) is 8.69. The summed E-state index contributed by atoms with van der Waals surface area (Å²) in [7, 11) is 0. The van der Waals surface area contributed by atoms with Gasteiger partial charge in [-0.15, -0.1) is 0 Å². The number of carboxylic acids is 1. The Kier molecular flexibility index (Phi) is 6.09. The quantitative estimate of drug-likeness (QED) is 0.830. The van der Waals surface area contributed by atoms with E-state index in [1.165, 1.54) is 0 Å². The molecule has 2 N–H and O–H groups in total. The Morgan fingerprint density at radius 1 is 1.04 bits per heavy atom. The lowest BCUT2D eigenvalue weighted by Crippen LogP contribution is -2.39. The van der Waals surface area contributed by atoms with Crippen LogP contribution in [0.3, 0.4) is 0 Å². The molecule has 2 aromatic carbocycles. The number of nitrogens with zero attached hydrogens (tertiary/aromatic N) is 1. The van der Waals surface area contributed by atoms with E-state index < -0.39 is 5.97 Å². The van der Waals surface area contributed by atoms with Gasteiger partial charge in [-0.3, -0.25) is 14.4 Å². The number of rotatable bonds is 5. The standard InChI is InChI=1S/C22H24N2O4/c1-15-7-8-18(14-19(15)23-21(27)17-5-3-2-4-6-17)22(28)24-11-9-16(10-12-24)13-20(25)26/h2-8,14,16H,9-13H2,1H3,(H,23,27)(H,25,26). The van der Waals surface area contributed by atoms with Crippen LogP contribution in [-0.4, -0.2) is 40.9 Å². The van der Waals surface area contributed by atoms with Crippen molar-refractivity contribution in [3.63, 3.8) is 0 Å². The third-order valence-electron chi connectivity index (χ3n) is 5.13. The molecular formula is C22H24N2O4. The normalized spacial score (nSPS) is 14.5. The first-order valence-electron chi connectivity index (χ1n) is 9.42. The monoisotopic (exact) mass is 380 g/mol. The molecule has 3 rings (SSSR count). The van der Waals surface area contributed by atoms with E-state index in [-0.39, 0.29) is 24.2 Å². The number of nitrogens with one attached hydrogen (secondary N) is 1. The van der Waals surface area contributed by atoms with Gasteiger partial charge in [0.2, 0.25) is 0 Å². The summed E-state index contributed by atoms with van der Waals surface area (Å²) in [6.07, 6.45) is 1.55. The van der Waals surface area contributed by atoms with E-state index in [0.29, 0.717) is 42.7 Å². The average Bonchev–Trinajstić information content (AvgIpc) is 2.70. The molecule has 1 aliphatic heterocycles. The van der Waals surface area contributed by atoms with Crippen LogP contribution >= 0.6 is 0 Å². The van der Waals surface area contributed by atoms with E-state index in [4.69, 9.17) is 5.11 Å². The predicted octanol–water partition coefficient (Wildman–Crippen LogP) is 3.57. The molecule has 0 unspecified atom stereocenters. The van der Waals surface area contributed by atoms with Crippen LogP contribution in [0.2, 0.25) is 0 Å². The largest absolute Gasteiger partial charge is 0.481 e. The molecule has 0 radical (unpaired) electrons. The van der Waals surface area contributed by atoms with Crippen LogP contribution in [0.15, 0.2) is 48.5 Å². The molecule has 146 valence electrons. The number of hydrogen-bond acceptors (Lipinski definition) is 3. The second-order valence-corrected chi connectivity index (χ2v) is 7.18. The summed E-state index contributed by atoms with van der Waals surface area (Å²) in [5, 5.41) is 11.8. The van der Waals surface area contributed by atoms with Gasteiger partial charge in [-0.05, 0) is 55.5 Å². The molecule has 2 amide bonds. The van der Waals surface area contributed by atoms with Gasteiger partial charge in [-0.1, -0.05) is 24.3 Å². The number of piperidine rings is 1. The van der Waals surface area contributed by atoms with Crippen molar-refractivity contribution >= 4 is 23.5 Å². The van der Waals surface area contributed by atoms with Gasteiger partial charge in [0.05, 0.1) is 0 Å². The molecule has 2 aromatic rings. The lowest BCUT2D eigenvalue weighted by molar-refractivity contribution is -0.138. The number of carboxylic acid groups (broad SMARTS) is 1. The van der Waals surface area contributed by atoms with Gasteiger partial charge >= 0.3 is 5.97 Å². The van der Waals surface area contributed by atoms with Crippen molar-refractivity contribution in [3.05, 3.63) is 65.2 Å². The molecule has 0 saturated carbocycles. The number of likely N-dealkylation sites (tertiary alicyclic amines) is 1. The van der Waals surface area contributed by atoms with Crippen molar-refractivity contribution in [2.24, 2.45) is 5.92 Å². The zero-order chi connectivity index (χ0) is 20.1. The fraction of sp³-hybridized carbons (Fsp3) is 0.318. The van der Waals surface area contributed by atoms with Gasteiger partial charge in [0, 0.05) is 36.3 Å². The van der Waals surface area contributed by atoms with E-state index in [0.717, 1.165) is 5.56 Å². The summed E-state index contributed by atoms with van der Waals surface area (Å²) >= 11 is 0. The maximum atomic E-state index is 12.8. The van der Waals surface area contributed by atoms with Gasteiger partial charge in [-0.2, -0.15) is 0 Å². The van der Waals surface area contributed by atoms with Crippen molar-refractivity contribution in [1.29, 1.82) is 0 Å².